The molecule has 1 fully saturated rings. The van der Waals surface area contributed by atoms with Crippen molar-refractivity contribution in [3.8, 4) is 0 Å². The first-order chi connectivity index (χ1) is 7.24. The predicted octanol–water partition coefficient (Wildman–Crippen LogP) is -0.0123. The maximum absolute atomic E-state index is 5.36. The molecule has 0 aromatic heterocycles. The minimum atomic E-state index is 0.620. The lowest BCUT2D eigenvalue weighted by Gasteiger charge is -2.25. The molecule has 0 bridgehead atoms. The molecule has 0 radical (unpaired) electrons. The van der Waals surface area contributed by atoms with Gasteiger partial charge in [-0.3, -0.25) is 0 Å². The van der Waals surface area contributed by atoms with Crippen molar-refractivity contribution in [2.45, 2.75) is 18.9 Å². The largest absolute Gasteiger partial charge is 0.379 e. The Labute approximate surface area is 93.4 Å². The van der Waals surface area contributed by atoms with Gasteiger partial charge in [-0.15, -0.1) is 0 Å². The maximum Gasteiger partial charge on any atom is 0.0593 e. The molecule has 0 saturated carbocycles. The first-order valence-electron chi connectivity index (χ1n) is 5.90. The van der Waals surface area contributed by atoms with Crippen LogP contribution in [0.1, 0.15) is 12.8 Å². The van der Waals surface area contributed by atoms with Crippen molar-refractivity contribution in [3.05, 3.63) is 0 Å². The lowest BCUT2D eigenvalue weighted by molar-refractivity contribution is 0.109. The number of nitrogens with two attached hydrogens (primary N) is 1. The van der Waals surface area contributed by atoms with Gasteiger partial charge in [0.25, 0.3) is 0 Å². The van der Waals surface area contributed by atoms with Crippen LogP contribution in [0.25, 0.3) is 0 Å². The smallest absolute Gasteiger partial charge is 0.0593 e. The highest BCUT2D eigenvalue weighted by Gasteiger charge is 2.21. The quantitative estimate of drug-likeness (QED) is 0.606. The number of ether oxygens (including phenoxy) is 1. The molecule has 4 nitrogen and oxygen atoms in total. The Morgan fingerprint density at radius 1 is 1.47 bits per heavy atom. The molecule has 90 valence electrons. The van der Waals surface area contributed by atoms with Gasteiger partial charge in [0, 0.05) is 25.7 Å². The molecule has 1 rings (SSSR count). The van der Waals surface area contributed by atoms with Crippen LogP contribution in [0.3, 0.4) is 0 Å². The molecule has 15 heavy (non-hydrogen) atoms. The van der Waals surface area contributed by atoms with E-state index in [0.717, 1.165) is 25.7 Å². The second-order valence-corrected chi connectivity index (χ2v) is 4.44. The molecule has 1 saturated heterocycles. The Kier molecular flexibility index (Phi) is 6.17. The number of likely N-dealkylation sites (tertiary alicyclic amines) is 1. The Balaban J connectivity index is 2.04. The molecule has 4 heteroatoms. The van der Waals surface area contributed by atoms with Crippen LogP contribution in [0.5, 0.6) is 0 Å². The first-order valence-corrected chi connectivity index (χ1v) is 5.90. The lowest BCUT2D eigenvalue weighted by Crippen LogP contribution is -2.38. The molecule has 0 aliphatic carbocycles. The van der Waals surface area contributed by atoms with Crippen LogP contribution >= 0.6 is 0 Å². The summed E-state index contributed by atoms with van der Waals surface area (Å²) >= 11 is 0. The van der Waals surface area contributed by atoms with E-state index in [1.165, 1.54) is 19.4 Å². The summed E-state index contributed by atoms with van der Waals surface area (Å²) in [4.78, 5) is 4.81. The zero-order valence-corrected chi connectivity index (χ0v) is 10.1. The van der Waals surface area contributed by atoms with Crippen molar-refractivity contribution in [1.82, 2.24) is 9.80 Å². The fourth-order valence-corrected chi connectivity index (χ4v) is 2.07. The first kappa shape index (κ1) is 12.9. The third-order valence-corrected chi connectivity index (χ3v) is 3.07. The molecule has 2 N–H and O–H groups in total. The number of likely N-dealkylation sites (N-methyl/N-ethyl adjacent to an activating group) is 2. The molecule has 1 atom stereocenters. The SMILES string of the molecule is CN(CCOCCN)CC1CCCN1C. The van der Waals surface area contributed by atoms with Gasteiger partial charge in [0.2, 0.25) is 0 Å². The van der Waals surface area contributed by atoms with E-state index in [0.29, 0.717) is 13.2 Å². The van der Waals surface area contributed by atoms with Gasteiger partial charge >= 0.3 is 0 Å². The Bertz CT molecular complexity index is 166. The summed E-state index contributed by atoms with van der Waals surface area (Å²) in [6, 6.07) is 0.740. The van der Waals surface area contributed by atoms with Crippen molar-refractivity contribution in [2.24, 2.45) is 5.73 Å². The van der Waals surface area contributed by atoms with Crippen LogP contribution in [-0.2, 0) is 4.74 Å². The predicted molar refractivity (Wildman–Crippen MR) is 63.0 cm³/mol. The van der Waals surface area contributed by atoms with Crippen molar-refractivity contribution in [1.29, 1.82) is 0 Å². The van der Waals surface area contributed by atoms with E-state index in [4.69, 9.17) is 10.5 Å². The Morgan fingerprint density at radius 3 is 2.87 bits per heavy atom. The summed E-state index contributed by atoms with van der Waals surface area (Å²) < 4.78 is 5.36. The Morgan fingerprint density at radius 2 is 2.27 bits per heavy atom. The van der Waals surface area contributed by atoms with E-state index < -0.39 is 0 Å². The van der Waals surface area contributed by atoms with Gasteiger partial charge in [0.1, 0.15) is 0 Å². The molecule has 1 aliphatic rings. The number of hydrogen-bond donors (Lipinski definition) is 1. The van der Waals surface area contributed by atoms with E-state index in [1.54, 1.807) is 0 Å². The van der Waals surface area contributed by atoms with E-state index in [1.807, 2.05) is 0 Å². The second-order valence-electron chi connectivity index (χ2n) is 4.44. The standard InChI is InChI=1S/C11H25N3O/c1-13(7-9-15-8-5-12)10-11-4-3-6-14(11)2/h11H,3-10,12H2,1-2H3. The highest BCUT2D eigenvalue weighted by Crippen LogP contribution is 2.15. The summed E-state index contributed by atoms with van der Waals surface area (Å²) in [5, 5.41) is 0. The average molecular weight is 215 g/mol. The minimum absolute atomic E-state index is 0.620. The lowest BCUT2D eigenvalue weighted by atomic mass is 10.2. The van der Waals surface area contributed by atoms with Crippen molar-refractivity contribution in [3.63, 3.8) is 0 Å². The summed E-state index contributed by atoms with van der Waals surface area (Å²) in [7, 11) is 4.38. The zero-order valence-electron chi connectivity index (χ0n) is 10.1. The molecule has 0 amide bonds. The van der Waals surface area contributed by atoms with Gasteiger partial charge in [-0.2, -0.15) is 0 Å². The van der Waals surface area contributed by atoms with Gasteiger partial charge < -0.3 is 20.3 Å². The molecule has 1 unspecified atom stereocenters. The molecule has 1 aliphatic heterocycles. The molecule has 1 heterocycles. The van der Waals surface area contributed by atoms with Crippen LogP contribution in [0.2, 0.25) is 0 Å². The maximum atomic E-state index is 5.36. The van der Waals surface area contributed by atoms with Crippen LogP contribution in [0, 0.1) is 0 Å². The van der Waals surface area contributed by atoms with Crippen LogP contribution in [-0.4, -0.2) is 69.3 Å². The number of rotatable bonds is 7. The summed E-state index contributed by atoms with van der Waals surface area (Å²) in [5.74, 6) is 0. The van der Waals surface area contributed by atoms with Crippen molar-refractivity contribution in [2.75, 3.05) is 53.5 Å². The van der Waals surface area contributed by atoms with Crippen molar-refractivity contribution >= 4 is 0 Å². The summed E-state index contributed by atoms with van der Waals surface area (Å²) in [5.41, 5.74) is 5.35. The van der Waals surface area contributed by atoms with Gasteiger partial charge in [-0.05, 0) is 33.5 Å². The molecular weight excluding hydrogens is 190 g/mol. The van der Waals surface area contributed by atoms with Gasteiger partial charge in [0.15, 0.2) is 0 Å². The number of nitrogens with zero attached hydrogens (tertiary/aromatic N) is 2. The highest BCUT2D eigenvalue weighted by atomic mass is 16.5. The fourth-order valence-electron chi connectivity index (χ4n) is 2.07. The van der Waals surface area contributed by atoms with E-state index in [9.17, 15) is 0 Å². The average Bonchev–Trinajstić information content (AvgIpc) is 2.59. The highest BCUT2D eigenvalue weighted by molar-refractivity contribution is 4.78. The van der Waals surface area contributed by atoms with Gasteiger partial charge in [0.05, 0.1) is 13.2 Å². The Hall–Kier alpha value is -0.160. The fraction of sp³-hybridized carbons (Fsp3) is 1.00. The molecule has 0 aromatic rings. The summed E-state index contributed by atoms with van der Waals surface area (Å²) in [6.07, 6.45) is 2.68. The second kappa shape index (κ2) is 7.17. The van der Waals surface area contributed by atoms with Gasteiger partial charge in [-0.1, -0.05) is 0 Å². The van der Waals surface area contributed by atoms with Crippen LogP contribution < -0.4 is 5.73 Å². The zero-order chi connectivity index (χ0) is 11.1. The van der Waals surface area contributed by atoms with Gasteiger partial charge in [-0.25, -0.2) is 0 Å². The topological polar surface area (TPSA) is 41.7 Å². The van der Waals surface area contributed by atoms with E-state index >= 15 is 0 Å². The molecule has 0 spiro atoms. The van der Waals surface area contributed by atoms with Crippen molar-refractivity contribution < 1.29 is 4.74 Å². The normalized spacial score (nSPS) is 22.8. The van der Waals surface area contributed by atoms with Crippen LogP contribution in [0.4, 0.5) is 0 Å². The summed E-state index contributed by atoms with van der Waals surface area (Å²) in [6.45, 7) is 5.51. The molecular formula is C11H25N3O. The molecule has 0 aromatic carbocycles. The minimum Gasteiger partial charge on any atom is -0.379 e. The monoisotopic (exact) mass is 215 g/mol. The van der Waals surface area contributed by atoms with Crippen LogP contribution in [0.15, 0.2) is 0 Å². The third-order valence-electron chi connectivity index (χ3n) is 3.07. The number of hydrogen-bond acceptors (Lipinski definition) is 4. The third kappa shape index (κ3) is 4.93. The van der Waals surface area contributed by atoms with E-state index in [-0.39, 0.29) is 0 Å². The van der Waals surface area contributed by atoms with E-state index in [2.05, 4.69) is 23.9 Å².